The molecule has 0 saturated heterocycles. The quantitative estimate of drug-likeness (QED) is 0.563. The lowest BCUT2D eigenvalue weighted by Crippen LogP contribution is -2.23. The van der Waals surface area contributed by atoms with Crippen LogP contribution in [0.1, 0.15) is 11.5 Å². The summed E-state index contributed by atoms with van der Waals surface area (Å²) in [4.78, 5) is 21.8. The van der Waals surface area contributed by atoms with Crippen LogP contribution in [0, 0.1) is 5.82 Å². The first kappa shape index (κ1) is 15.9. The molecule has 4 aromatic rings. The molecule has 0 unspecified atom stereocenters. The molecule has 26 heavy (non-hydrogen) atoms. The van der Waals surface area contributed by atoms with E-state index in [9.17, 15) is 9.18 Å². The third kappa shape index (κ3) is 2.91. The van der Waals surface area contributed by atoms with Crippen LogP contribution in [0.15, 0.2) is 77.7 Å². The zero-order chi connectivity index (χ0) is 17.9. The smallest absolute Gasteiger partial charge is 0.266 e. The number of aromatic nitrogens is 3. The molecule has 4 rings (SSSR count). The molecule has 5 heteroatoms. The lowest BCUT2D eigenvalue weighted by molar-refractivity contribution is 0.615. The molecule has 0 aliphatic carbocycles. The second kappa shape index (κ2) is 6.72. The van der Waals surface area contributed by atoms with E-state index >= 15 is 0 Å². The van der Waals surface area contributed by atoms with Crippen molar-refractivity contribution in [3.05, 3.63) is 101 Å². The van der Waals surface area contributed by atoms with Crippen LogP contribution in [-0.4, -0.2) is 14.5 Å². The van der Waals surface area contributed by atoms with Gasteiger partial charge in [-0.2, -0.15) is 0 Å². The van der Waals surface area contributed by atoms with E-state index in [1.165, 1.54) is 10.6 Å². The zero-order valence-electron chi connectivity index (χ0n) is 13.7. The molecule has 4 nitrogen and oxygen atoms in total. The van der Waals surface area contributed by atoms with E-state index in [0.29, 0.717) is 16.7 Å². The number of rotatable bonds is 3. The summed E-state index contributed by atoms with van der Waals surface area (Å²) in [7, 11) is 0. The molecular weight excluding hydrogens is 329 g/mol. The van der Waals surface area contributed by atoms with Crippen LogP contribution in [0.4, 0.5) is 4.39 Å². The maximum absolute atomic E-state index is 14.4. The molecule has 0 atom stereocenters. The highest BCUT2D eigenvalue weighted by Gasteiger charge is 2.13. The van der Waals surface area contributed by atoms with Gasteiger partial charge in [-0.3, -0.25) is 14.3 Å². The topological polar surface area (TPSA) is 47.8 Å². The van der Waals surface area contributed by atoms with Crippen LogP contribution in [0.3, 0.4) is 0 Å². The molecule has 2 aromatic carbocycles. The highest BCUT2D eigenvalue weighted by Crippen LogP contribution is 2.17. The lowest BCUT2D eigenvalue weighted by Gasteiger charge is -2.12. The standard InChI is InChI=1S/C21H14FN3O/c22-17-9-2-4-11-19(17)25-20(13-12-15-7-5-6-14-23-15)24-18-10-3-1-8-16(18)21(25)26/h1-14H. The van der Waals surface area contributed by atoms with Gasteiger partial charge in [0.15, 0.2) is 0 Å². The predicted octanol–water partition coefficient (Wildman–Crippen LogP) is 4.09. The van der Waals surface area contributed by atoms with Crippen molar-refractivity contribution in [3.63, 3.8) is 0 Å². The summed E-state index contributed by atoms with van der Waals surface area (Å²) < 4.78 is 15.7. The molecule has 0 saturated carbocycles. The fourth-order valence-corrected chi connectivity index (χ4v) is 2.76. The van der Waals surface area contributed by atoms with Gasteiger partial charge in [0, 0.05) is 6.20 Å². The van der Waals surface area contributed by atoms with Crippen molar-refractivity contribution in [2.24, 2.45) is 0 Å². The van der Waals surface area contributed by atoms with E-state index in [1.807, 2.05) is 24.3 Å². The number of hydrogen-bond acceptors (Lipinski definition) is 3. The number of hydrogen-bond donors (Lipinski definition) is 0. The highest BCUT2D eigenvalue weighted by atomic mass is 19.1. The Morgan fingerprint density at radius 2 is 1.65 bits per heavy atom. The van der Waals surface area contributed by atoms with Gasteiger partial charge in [-0.15, -0.1) is 0 Å². The second-order valence-corrected chi connectivity index (χ2v) is 5.67. The van der Waals surface area contributed by atoms with Crippen molar-refractivity contribution in [3.8, 4) is 5.69 Å². The Morgan fingerprint density at radius 1 is 0.885 bits per heavy atom. The van der Waals surface area contributed by atoms with Crippen LogP contribution in [0.25, 0.3) is 28.7 Å². The third-order valence-corrected chi connectivity index (χ3v) is 3.99. The molecular formula is C21H14FN3O. The minimum Gasteiger partial charge on any atom is -0.268 e. The summed E-state index contributed by atoms with van der Waals surface area (Å²) in [5.74, 6) is -0.149. The van der Waals surface area contributed by atoms with Gasteiger partial charge >= 0.3 is 0 Å². The average Bonchev–Trinajstić information content (AvgIpc) is 2.68. The maximum Gasteiger partial charge on any atom is 0.266 e. The number of fused-ring (bicyclic) bond motifs is 1. The van der Waals surface area contributed by atoms with Crippen LogP contribution in [0.5, 0.6) is 0 Å². The van der Waals surface area contributed by atoms with E-state index in [0.717, 1.165) is 5.69 Å². The fraction of sp³-hybridized carbons (Fsp3) is 0. The van der Waals surface area contributed by atoms with Crippen molar-refractivity contribution < 1.29 is 4.39 Å². The molecule has 0 aliphatic heterocycles. The second-order valence-electron chi connectivity index (χ2n) is 5.67. The molecule has 0 amide bonds. The Hall–Kier alpha value is -3.60. The van der Waals surface area contributed by atoms with Crippen molar-refractivity contribution in [1.82, 2.24) is 14.5 Å². The Morgan fingerprint density at radius 3 is 2.46 bits per heavy atom. The fourth-order valence-electron chi connectivity index (χ4n) is 2.76. The molecule has 2 heterocycles. The molecule has 0 radical (unpaired) electrons. The van der Waals surface area contributed by atoms with Gasteiger partial charge in [0.1, 0.15) is 11.6 Å². The first-order valence-corrected chi connectivity index (χ1v) is 8.10. The molecule has 0 spiro atoms. The Labute approximate surface area is 148 Å². The summed E-state index contributed by atoms with van der Waals surface area (Å²) in [6, 6.07) is 18.7. The van der Waals surface area contributed by atoms with Crippen LogP contribution in [-0.2, 0) is 0 Å². The summed E-state index contributed by atoms with van der Waals surface area (Å²) in [6.07, 6.45) is 5.09. The Balaban J connectivity index is 1.99. The average molecular weight is 343 g/mol. The van der Waals surface area contributed by atoms with Gasteiger partial charge in [-0.25, -0.2) is 9.37 Å². The van der Waals surface area contributed by atoms with Crippen molar-refractivity contribution in [2.75, 3.05) is 0 Å². The Kier molecular flexibility index (Phi) is 4.11. The van der Waals surface area contributed by atoms with Gasteiger partial charge in [0.2, 0.25) is 0 Å². The molecule has 0 fully saturated rings. The highest BCUT2D eigenvalue weighted by molar-refractivity contribution is 5.79. The Bertz CT molecular complexity index is 1170. The minimum atomic E-state index is -0.487. The molecule has 0 aliphatic rings. The number of nitrogens with zero attached hydrogens (tertiary/aromatic N) is 3. The third-order valence-electron chi connectivity index (χ3n) is 3.99. The van der Waals surface area contributed by atoms with Crippen molar-refractivity contribution in [2.45, 2.75) is 0 Å². The molecule has 126 valence electrons. The van der Waals surface area contributed by atoms with Crippen LogP contribution in [0.2, 0.25) is 0 Å². The normalized spacial score (nSPS) is 11.3. The van der Waals surface area contributed by atoms with Crippen LogP contribution >= 0.6 is 0 Å². The van der Waals surface area contributed by atoms with E-state index in [-0.39, 0.29) is 11.2 Å². The van der Waals surface area contributed by atoms with E-state index in [4.69, 9.17) is 0 Å². The number of para-hydroxylation sites is 2. The maximum atomic E-state index is 14.4. The summed E-state index contributed by atoms with van der Waals surface area (Å²) in [5, 5.41) is 0.436. The minimum absolute atomic E-state index is 0.163. The van der Waals surface area contributed by atoms with Gasteiger partial charge in [0.25, 0.3) is 5.56 Å². The van der Waals surface area contributed by atoms with Crippen molar-refractivity contribution >= 4 is 23.1 Å². The molecule has 0 bridgehead atoms. The predicted molar refractivity (Wildman–Crippen MR) is 100 cm³/mol. The number of pyridine rings is 1. The zero-order valence-corrected chi connectivity index (χ0v) is 13.7. The summed E-state index contributed by atoms with van der Waals surface area (Å²) in [5.41, 5.74) is 1.12. The lowest BCUT2D eigenvalue weighted by atomic mass is 10.2. The molecule has 2 aromatic heterocycles. The molecule has 0 N–H and O–H groups in total. The van der Waals surface area contributed by atoms with Crippen molar-refractivity contribution in [1.29, 1.82) is 0 Å². The number of halogens is 1. The van der Waals surface area contributed by atoms with E-state index in [2.05, 4.69) is 9.97 Å². The monoisotopic (exact) mass is 343 g/mol. The van der Waals surface area contributed by atoms with E-state index in [1.54, 1.807) is 54.7 Å². The summed E-state index contributed by atoms with van der Waals surface area (Å²) in [6.45, 7) is 0. The first-order valence-electron chi connectivity index (χ1n) is 8.10. The summed E-state index contributed by atoms with van der Waals surface area (Å²) >= 11 is 0. The van der Waals surface area contributed by atoms with Gasteiger partial charge in [-0.1, -0.05) is 30.3 Å². The van der Waals surface area contributed by atoms with Gasteiger partial charge in [-0.05, 0) is 48.6 Å². The van der Waals surface area contributed by atoms with E-state index < -0.39 is 5.82 Å². The van der Waals surface area contributed by atoms with Crippen LogP contribution < -0.4 is 5.56 Å². The van der Waals surface area contributed by atoms with Gasteiger partial charge < -0.3 is 0 Å². The number of benzene rings is 2. The first-order chi connectivity index (χ1) is 12.7. The van der Waals surface area contributed by atoms with Gasteiger partial charge in [0.05, 0.1) is 22.3 Å². The SMILES string of the molecule is O=c1c2ccccc2nc(C=Cc2ccccn2)n1-c1ccccc1F. The largest absolute Gasteiger partial charge is 0.268 e.